The molecule has 1 atom stereocenters. The monoisotopic (exact) mass is 176 g/mol. The maximum absolute atomic E-state index is 4.01. The second-order valence-electron chi connectivity index (χ2n) is 3.69. The van der Waals surface area contributed by atoms with Gasteiger partial charge in [0.2, 0.25) is 0 Å². The Labute approximate surface area is 79.4 Å². The van der Waals surface area contributed by atoms with Crippen molar-refractivity contribution in [1.29, 1.82) is 0 Å². The lowest BCUT2D eigenvalue weighted by molar-refractivity contribution is 0.559. The fourth-order valence-corrected chi connectivity index (χ4v) is 1.89. The topological polar surface area (TPSA) is 24.9 Å². The summed E-state index contributed by atoms with van der Waals surface area (Å²) in [6, 6.07) is 4.97. The van der Waals surface area contributed by atoms with Gasteiger partial charge < -0.3 is 5.32 Å². The molecule has 2 rings (SSSR count). The van der Waals surface area contributed by atoms with Crippen molar-refractivity contribution in [3.63, 3.8) is 0 Å². The van der Waals surface area contributed by atoms with Gasteiger partial charge in [0.05, 0.1) is 0 Å². The largest absolute Gasteiger partial charge is 0.314 e. The molecule has 0 aliphatic carbocycles. The summed E-state index contributed by atoms with van der Waals surface area (Å²) in [6.07, 6.45) is 8.89. The fraction of sp³-hybridized carbons (Fsp3) is 0.545. The zero-order chi connectivity index (χ0) is 8.93. The van der Waals surface area contributed by atoms with Crippen LogP contribution in [0.2, 0.25) is 0 Å². The second-order valence-corrected chi connectivity index (χ2v) is 3.69. The quantitative estimate of drug-likeness (QED) is 0.759. The van der Waals surface area contributed by atoms with Crippen LogP contribution in [0, 0.1) is 0 Å². The summed E-state index contributed by atoms with van der Waals surface area (Å²) in [5.41, 5.74) is 1.41. The lowest BCUT2D eigenvalue weighted by atomic mass is 10.1. The van der Waals surface area contributed by atoms with E-state index in [-0.39, 0.29) is 0 Å². The third-order valence-corrected chi connectivity index (χ3v) is 2.69. The van der Waals surface area contributed by atoms with Crippen LogP contribution in [0.3, 0.4) is 0 Å². The van der Waals surface area contributed by atoms with Crippen LogP contribution in [0.4, 0.5) is 0 Å². The minimum absolute atomic E-state index is 0.758. The Balaban J connectivity index is 1.79. The van der Waals surface area contributed by atoms with Gasteiger partial charge >= 0.3 is 0 Å². The van der Waals surface area contributed by atoms with Crippen LogP contribution in [0.15, 0.2) is 24.5 Å². The van der Waals surface area contributed by atoms with Gasteiger partial charge in [-0.25, -0.2) is 0 Å². The van der Waals surface area contributed by atoms with Crippen molar-refractivity contribution in [1.82, 2.24) is 10.3 Å². The number of aromatic nitrogens is 1. The first-order chi connectivity index (χ1) is 6.45. The third-order valence-electron chi connectivity index (χ3n) is 2.69. The molecule has 2 nitrogen and oxygen atoms in total. The number of nitrogens with zero attached hydrogens (tertiary/aromatic N) is 1. The smallest absolute Gasteiger partial charge is 0.0270 e. The molecule has 1 fully saturated rings. The van der Waals surface area contributed by atoms with Gasteiger partial charge in [0.25, 0.3) is 0 Å². The first-order valence-corrected chi connectivity index (χ1v) is 5.07. The van der Waals surface area contributed by atoms with E-state index in [9.17, 15) is 0 Å². The summed E-state index contributed by atoms with van der Waals surface area (Å²) < 4.78 is 0. The normalized spacial score (nSPS) is 22.0. The Hall–Kier alpha value is -0.890. The summed E-state index contributed by atoms with van der Waals surface area (Å²) in [5, 5.41) is 3.51. The van der Waals surface area contributed by atoms with Crippen molar-refractivity contribution < 1.29 is 0 Å². The maximum Gasteiger partial charge on any atom is 0.0270 e. The molecule has 1 aromatic rings. The molecule has 0 aromatic carbocycles. The zero-order valence-corrected chi connectivity index (χ0v) is 7.87. The molecule has 13 heavy (non-hydrogen) atoms. The number of aryl methyl sites for hydroxylation is 1. The van der Waals surface area contributed by atoms with Crippen LogP contribution in [0.25, 0.3) is 0 Å². The van der Waals surface area contributed by atoms with Gasteiger partial charge in [-0.05, 0) is 49.9 Å². The molecular formula is C11H16N2. The fourth-order valence-electron chi connectivity index (χ4n) is 1.89. The molecule has 0 saturated carbocycles. The van der Waals surface area contributed by atoms with Crippen LogP contribution >= 0.6 is 0 Å². The zero-order valence-electron chi connectivity index (χ0n) is 7.87. The molecule has 0 radical (unpaired) electrons. The van der Waals surface area contributed by atoms with Gasteiger partial charge in [0.1, 0.15) is 0 Å². The van der Waals surface area contributed by atoms with E-state index in [1.807, 2.05) is 12.4 Å². The van der Waals surface area contributed by atoms with Crippen LogP contribution in [0.1, 0.15) is 24.8 Å². The van der Waals surface area contributed by atoms with E-state index < -0.39 is 0 Å². The van der Waals surface area contributed by atoms with E-state index in [0.29, 0.717) is 0 Å². The van der Waals surface area contributed by atoms with Gasteiger partial charge in [-0.1, -0.05) is 0 Å². The van der Waals surface area contributed by atoms with Gasteiger partial charge in [-0.15, -0.1) is 0 Å². The van der Waals surface area contributed by atoms with Crippen molar-refractivity contribution in [3.8, 4) is 0 Å². The number of pyridine rings is 1. The van der Waals surface area contributed by atoms with E-state index in [1.165, 1.54) is 37.8 Å². The van der Waals surface area contributed by atoms with E-state index in [0.717, 1.165) is 6.04 Å². The highest BCUT2D eigenvalue weighted by atomic mass is 14.9. The van der Waals surface area contributed by atoms with Gasteiger partial charge in [-0.3, -0.25) is 4.98 Å². The molecule has 2 heteroatoms. The van der Waals surface area contributed by atoms with Crippen LogP contribution in [-0.2, 0) is 6.42 Å². The lowest BCUT2D eigenvalue weighted by Crippen LogP contribution is -2.21. The minimum Gasteiger partial charge on any atom is -0.314 e. The summed E-state index contributed by atoms with van der Waals surface area (Å²) >= 11 is 0. The SMILES string of the molecule is c1cc(CCC2CCCN2)ccn1. The number of hydrogen-bond acceptors (Lipinski definition) is 2. The lowest BCUT2D eigenvalue weighted by Gasteiger charge is -2.08. The molecule has 0 bridgehead atoms. The molecular weight excluding hydrogens is 160 g/mol. The van der Waals surface area contributed by atoms with E-state index >= 15 is 0 Å². The van der Waals surface area contributed by atoms with Gasteiger partial charge in [0.15, 0.2) is 0 Å². The van der Waals surface area contributed by atoms with E-state index in [1.54, 1.807) is 0 Å². The predicted octanol–water partition coefficient (Wildman–Crippen LogP) is 1.77. The summed E-state index contributed by atoms with van der Waals surface area (Å²) in [5.74, 6) is 0. The highest BCUT2D eigenvalue weighted by Crippen LogP contribution is 2.11. The molecule has 1 aliphatic rings. The molecule has 70 valence electrons. The molecule has 1 unspecified atom stereocenters. The molecule has 0 spiro atoms. The number of rotatable bonds is 3. The Morgan fingerprint density at radius 3 is 2.92 bits per heavy atom. The van der Waals surface area contributed by atoms with Crippen molar-refractivity contribution in [2.24, 2.45) is 0 Å². The molecule has 0 amide bonds. The van der Waals surface area contributed by atoms with E-state index in [4.69, 9.17) is 0 Å². The van der Waals surface area contributed by atoms with Crippen LogP contribution in [-0.4, -0.2) is 17.6 Å². The maximum atomic E-state index is 4.01. The number of hydrogen-bond donors (Lipinski definition) is 1. The van der Waals surface area contributed by atoms with Crippen molar-refractivity contribution >= 4 is 0 Å². The summed E-state index contributed by atoms with van der Waals surface area (Å²) in [7, 11) is 0. The summed E-state index contributed by atoms with van der Waals surface area (Å²) in [4.78, 5) is 4.01. The second kappa shape index (κ2) is 4.38. The highest BCUT2D eigenvalue weighted by Gasteiger charge is 2.12. The third kappa shape index (κ3) is 2.52. The van der Waals surface area contributed by atoms with Crippen molar-refractivity contribution in [2.75, 3.05) is 6.54 Å². The first-order valence-electron chi connectivity index (χ1n) is 5.07. The van der Waals surface area contributed by atoms with Gasteiger partial charge in [0, 0.05) is 18.4 Å². The molecule has 1 saturated heterocycles. The molecule has 1 aromatic heterocycles. The Kier molecular flexibility index (Phi) is 2.93. The van der Waals surface area contributed by atoms with Crippen molar-refractivity contribution in [3.05, 3.63) is 30.1 Å². The van der Waals surface area contributed by atoms with Crippen LogP contribution in [0.5, 0.6) is 0 Å². The first kappa shape index (κ1) is 8.70. The Morgan fingerprint density at radius 1 is 1.38 bits per heavy atom. The standard InChI is InChI=1S/C11H16N2/c1-2-11(13-7-1)4-3-10-5-8-12-9-6-10/h5-6,8-9,11,13H,1-4,7H2. The Bertz CT molecular complexity index is 240. The highest BCUT2D eigenvalue weighted by molar-refractivity contribution is 5.09. The van der Waals surface area contributed by atoms with Crippen LogP contribution < -0.4 is 5.32 Å². The van der Waals surface area contributed by atoms with Gasteiger partial charge in [-0.2, -0.15) is 0 Å². The van der Waals surface area contributed by atoms with E-state index in [2.05, 4.69) is 22.4 Å². The molecule has 1 aliphatic heterocycles. The average Bonchev–Trinajstić information content (AvgIpc) is 2.69. The molecule has 1 N–H and O–H groups in total. The van der Waals surface area contributed by atoms with Crippen molar-refractivity contribution in [2.45, 2.75) is 31.7 Å². The molecule has 2 heterocycles. The summed E-state index contributed by atoms with van der Waals surface area (Å²) in [6.45, 7) is 1.21. The predicted molar refractivity (Wildman–Crippen MR) is 53.6 cm³/mol. The Morgan fingerprint density at radius 2 is 2.23 bits per heavy atom. The number of nitrogens with one attached hydrogen (secondary N) is 1. The minimum atomic E-state index is 0.758. The average molecular weight is 176 g/mol.